The second-order valence-electron chi connectivity index (χ2n) is 8.20. The minimum Gasteiger partial charge on any atom is -0.274 e. The van der Waals surface area contributed by atoms with E-state index in [2.05, 4.69) is 10.1 Å². The Bertz CT molecular complexity index is 1320. The molecule has 0 unspecified atom stereocenters. The van der Waals surface area contributed by atoms with Crippen LogP contribution in [0.25, 0.3) is 15.9 Å². The van der Waals surface area contributed by atoms with Crippen LogP contribution in [-0.4, -0.2) is 42.8 Å². The van der Waals surface area contributed by atoms with E-state index in [1.807, 2.05) is 0 Å². The van der Waals surface area contributed by atoms with Crippen molar-refractivity contribution in [1.29, 1.82) is 0 Å². The van der Waals surface area contributed by atoms with Crippen LogP contribution in [0.2, 0.25) is 0 Å². The first-order valence-electron chi connectivity index (χ1n) is 10.8. The van der Waals surface area contributed by atoms with E-state index in [-0.39, 0.29) is 11.8 Å². The van der Waals surface area contributed by atoms with Crippen molar-refractivity contribution in [2.75, 3.05) is 6.54 Å². The van der Waals surface area contributed by atoms with Gasteiger partial charge in [-0.25, -0.2) is 14.5 Å². The SMILES string of the molecule is O=C1c2ccccc2C(=O)N1CCCc1nc2c3c4c(sc3ncn2n1)CCCCC4. The van der Waals surface area contributed by atoms with Crippen molar-refractivity contribution in [3.8, 4) is 0 Å². The smallest absolute Gasteiger partial charge is 0.261 e. The van der Waals surface area contributed by atoms with Gasteiger partial charge < -0.3 is 0 Å². The summed E-state index contributed by atoms with van der Waals surface area (Å²) in [5, 5.41) is 5.77. The van der Waals surface area contributed by atoms with Crippen LogP contribution < -0.4 is 0 Å². The molecule has 2 aliphatic rings. The molecule has 0 radical (unpaired) electrons. The monoisotopic (exact) mass is 431 g/mol. The summed E-state index contributed by atoms with van der Waals surface area (Å²) in [7, 11) is 0. The number of amides is 2. The third kappa shape index (κ3) is 2.96. The Morgan fingerprint density at radius 2 is 1.77 bits per heavy atom. The van der Waals surface area contributed by atoms with Gasteiger partial charge in [-0.15, -0.1) is 16.4 Å². The third-order valence-electron chi connectivity index (χ3n) is 6.25. The summed E-state index contributed by atoms with van der Waals surface area (Å²) >= 11 is 1.79. The minimum atomic E-state index is -0.213. The van der Waals surface area contributed by atoms with Crippen LogP contribution >= 0.6 is 11.3 Å². The number of imide groups is 1. The predicted octanol–water partition coefficient (Wildman–Crippen LogP) is 3.84. The van der Waals surface area contributed by atoms with Gasteiger partial charge in [0.2, 0.25) is 0 Å². The molecule has 4 aromatic rings. The fourth-order valence-corrected chi connectivity index (χ4v) is 5.94. The first-order valence-corrected chi connectivity index (χ1v) is 11.6. The van der Waals surface area contributed by atoms with Gasteiger partial charge in [-0.05, 0) is 49.8 Å². The summed E-state index contributed by atoms with van der Waals surface area (Å²) in [6.45, 7) is 0.364. The van der Waals surface area contributed by atoms with E-state index in [1.54, 1.807) is 46.4 Å². The fourth-order valence-electron chi connectivity index (χ4n) is 4.72. The van der Waals surface area contributed by atoms with Crippen molar-refractivity contribution in [3.05, 3.63) is 58.0 Å². The Balaban J connectivity index is 1.24. The number of aromatic nitrogens is 4. The highest BCUT2D eigenvalue weighted by Gasteiger charge is 2.34. The Kier molecular flexibility index (Phi) is 4.34. The summed E-state index contributed by atoms with van der Waals surface area (Å²) in [4.78, 5) is 38.3. The lowest BCUT2D eigenvalue weighted by Gasteiger charge is -2.12. The van der Waals surface area contributed by atoms with Crippen LogP contribution in [0, 0.1) is 0 Å². The molecule has 31 heavy (non-hydrogen) atoms. The van der Waals surface area contributed by atoms with E-state index in [4.69, 9.17) is 4.98 Å². The topological polar surface area (TPSA) is 80.5 Å². The van der Waals surface area contributed by atoms with E-state index < -0.39 is 0 Å². The van der Waals surface area contributed by atoms with Gasteiger partial charge in [-0.3, -0.25) is 14.5 Å². The number of thiophene rings is 1. The van der Waals surface area contributed by atoms with Crippen LogP contribution in [0.5, 0.6) is 0 Å². The number of aryl methyl sites for hydroxylation is 3. The molecule has 0 N–H and O–H groups in total. The zero-order valence-electron chi connectivity index (χ0n) is 17.0. The standard InChI is InChI=1S/C23H21N5O2S/c29-22-14-7-4-5-8-15(14)23(30)27(22)12-6-11-18-25-20-19-16-9-2-1-3-10-17(16)31-21(19)24-13-28(20)26-18/h4-5,7-8,13H,1-3,6,9-12H2. The van der Waals surface area contributed by atoms with Gasteiger partial charge >= 0.3 is 0 Å². The molecule has 0 fully saturated rings. The Labute approximate surface area is 182 Å². The summed E-state index contributed by atoms with van der Waals surface area (Å²) in [5.74, 6) is 0.297. The number of carbonyl (C=O) groups is 2. The maximum Gasteiger partial charge on any atom is 0.261 e. The van der Waals surface area contributed by atoms with Crippen molar-refractivity contribution in [2.45, 2.75) is 44.9 Å². The molecule has 6 rings (SSSR count). The van der Waals surface area contributed by atoms with E-state index in [0.29, 0.717) is 30.5 Å². The lowest BCUT2D eigenvalue weighted by Crippen LogP contribution is -2.31. The van der Waals surface area contributed by atoms with Crippen molar-refractivity contribution in [3.63, 3.8) is 0 Å². The molecule has 3 aromatic heterocycles. The second kappa shape index (κ2) is 7.23. The van der Waals surface area contributed by atoms with Gasteiger partial charge in [0.15, 0.2) is 11.5 Å². The molecule has 7 nitrogen and oxygen atoms in total. The Hall–Kier alpha value is -3.13. The fraction of sp³-hybridized carbons (Fsp3) is 0.348. The lowest BCUT2D eigenvalue weighted by atomic mass is 10.1. The van der Waals surface area contributed by atoms with Gasteiger partial charge in [0.25, 0.3) is 11.8 Å². The lowest BCUT2D eigenvalue weighted by molar-refractivity contribution is 0.0652. The van der Waals surface area contributed by atoms with Crippen LogP contribution in [0.4, 0.5) is 0 Å². The molecule has 0 bridgehead atoms. The van der Waals surface area contributed by atoms with E-state index in [9.17, 15) is 9.59 Å². The summed E-state index contributed by atoms with van der Waals surface area (Å²) in [6.07, 6.45) is 8.91. The molecular formula is C23H21N5O2S. The number of hydrogen-bond donors (Lipinski definition) is 0. The number of fused-ring (bicyclic) bond motifs is 6. The Morgan fingerprint density at radius 1 is 1.00 bits per heavy atom. The van der Waals surface area contributed by atoms with Crippen LogP contribution in [-0.2, 0) is 19.3 Å². The van der Waals surface area contributed by atoms with Crippen molar-refractivity contribution < 1.29 is 9.59 Å². The zero-order chi connectivity index (χ0) is 20.9. The predicted molar refractivity (Wildman–Crippen MR) is 118 cm³/mol. The van der Waals surface area contributed by atoms with Gasteiger partial charge in [-0.1, -0.05) is 18.6 Å². The first-order chi connectivity index (χ1) is 15.2. The summed E-state index contributed by atoms with van der Waals surface area (Å²) in [5.41, 5.74) is 3.26. The third-order valence-corrected chi connectivity index (χ3v) is 7.45. The van der Waals surface area contributed by atoms with Crippen LogP contribution in [0.3, 0.4) is 0 Å². The quantitative estimate of drug-likeness (QED) is 0.362. The molecule has 0 atom stereocenters. The van der Waals surface area contributed by atoms with Gasteiger partial charge in [0.1, 0.15) is 11.2 Å². The summed E-state index contributed by atoms with van der Waals surface area (Å²) in [6, 6.07) is 6.99. The van der Waals surface area contributed by atoms with Crippen LogP contribution in [0.15, 0.2) is 30.6 Å². The van der Waals surface area contributed by atoms with Crippen molar-refractivity contribution in [1.82, 2.24) is 24.5 Å². The molecular weight excluding hydrogens is 410 g/mol. The number of carbonyl (C=O) groups excluding carboxylic acids is 2. The first kappa shape index (κ1) is 18.6. The van der Waals surface area contributed by atoms with E-state index in [0.717, 1.165) is 34.5 Å². The molecule has 1 aliphatic carbocycles. The Morgan fingerprint density at radius 3 is 2.58 bits per heavy atom. The molecule has 0 saturated carbocycles. The molecule has 0 spiro atoms. The minimum absolute atomic E-state index is 0.213. The highest BCUT2D eigenvalue weighted by atomic mass is 32.1. The van der Waals surface area contributed by atoms with Crippen LogP contribution in [0.1, 0.15) is 62.7 Å². The molecule has 1 aromatic carbocycles. The largest absolute Gasteiger partial charge is 0.274 e. The number of rotatable bonds is 4. The average molecular weight is 432 g/mol. The number of nitrogens with zero attached hydrogens (tertiary/aromatic N) is 5. The molecule has 1 aliphatic heterocycles. The molecule has 2 amide bonds. The number of benzene rings is 1. The normalized spacial score (nSPS) is 16.2. The van der Waals surface area contributed by atoms with Gasteiger partial charge in [0, 0.05) is 17.8 Å². The van der Waals surface area contributed by atoms with E-state index in [1.165, 1.54) is 34.6 Å². The summed E-state index contributed by atoms with van der Waals surface area (Å²) < 4.78 is 1.78. The molecule has 4 heterocycles. The molecule has 0 saturated heterocycles. The van der Waals surface area contributed by atoms with Crippen molar-refractivity contribution in [2.24, 2.45) is 0 Å². The zero-order valence-corrected chi connectivity index (χ0v) is 17.8. The van der Waals surface area contributed by atoms with Crippen molar-refractivity contribution >= 4 is 39.0 Å². The van der Waals surface area contributed by atoms with Gasteiger partial charge in [-0.2, -0.15) is 0 Å². The highest BCUT2D eigenvalue weighted by molar-refractivity contribution is 7.19. The second-order valence-corrected chi connectivity index (χ2v) is 9.28. The molecule has 8 heteroatoms. The van der Waals surface area contributed by atoms with Gasteiger partial charge in [0.05, 0.1) is 16.5 Å². The van der Waals surface area contributed by atoms with E-state index >= 15 is 0 Å². The maximum atomic E-state index is 12.5. The molecule has 156 valence electrons. The number of hydrogen-bond acceptors (Lipinski definition) is 6. The maximum absolute atomic E-state index is 12.5. The average Bonchev–Trinajstić information content (AvgIpc) is 3.36. The highest BCUT2D eigenvalue weighted by Crippen LogP contribution is 2.36.